The Morgan fingerprint density at radius 1 is 1.50 bits per heavy atom. The van der Waals surface area contributed by atoms with Gasteiger partial charge in [0.2, 0.25) is 0 Å². The van der Waals surface area contributed by atoms with E-state index < -0.39 is 0 Å². The fourth-order valence-corrected chi connectivity index (χ4v) is 0.476. The lowest BCUT2D eigenvalue weighted by molar-refractivity contribution is 0.137. The maximum Gasteiger partial charge on any atom is 0.149 e. The highest BCUT2D eigenvalue weighted by atomic mass is 16.5. The van der Waals surface area contributed by atoms with Crippen LogP contribution in [0.4, 0.5) is 0 Å². The average molecular weight is 166 g/mol. The molecule has 0 bridgehead atoms. The minimum absolute atomic E-state index is 0.0472. The first-order valence-electron chi connectivity index (χ1n) is 3.37. The van der Waals surface area contributed by atoms with E-state index in [1.165, 1.54) is 0 Å². The van der Waals surface area contributed by atoms with Crippen LogP contribution in [-0.2, 0) is 4.74 Å². The molecule has 0 fully saturated rings. The molecule has 3 N–H and O–H groups in total. The van der Waals surface area contributed by atoms with Gasteiger partial charge in [-0.15, -0.1) is 0 Å². The van der Waals surface area contributed by atoms with Crippen molar-refractivity contribution in [1.82, 2.24) is 5.32 Å². The lowest BCUT2D eigenvalue weighted by atomic mass is 10.4. The molecule has 0 radical (unpaired) electrons. The van der Waals surface area contributed by atoms with Gasteiger partial charge in [0.25, 0.3) is 0 Å². The summed E-state index contributed by atoms with van der Waals surface area (Å²) in [6, 6.07) is 3.41. The molecular weight excluding hydrogens is 156 g/mol. The molecule has 0 aromatic carbocycles. The third-order valence-electron chi connectivity index (χ3n) is 1.06. The second-order valence-corrected chi connectivity index (χ2v) is 1.83. The monoisotopic (exact) mass is 166 g/mol. The molecule has 5 nitrogen and oxygen atoms in total. The van der Waals surface area contributed by atoms with Gasteiger partial charge in [0.1, 0.15) is 30.3 Å². The summed E-state index contributed by atoms with van der Waals surface area (Å²) in [5.74, 6) is 0. The van der Waals surface area contributed by atoms with Crippen LogP contribution in [0.2, 0.25) is 0 Å². The number of ether oxygens (including phenoxy) is 1. The molecule has 5 heteroatoms. The molecule has 64 valence electrons. The topological polar surface area (TPSA) is 94.9 Å². The SMILES string of the molecule is CCOCN/C(C#N)=C(\N)C#N. The molecule has 12 heavy (non-hydrogen) atoms. The van der Waals surface area contributed by atoms with E-state index in [0.29, 0.717) is 6.61 Å². The highest BCUT2D eigenvalue weighted by Crippen LogP contribution is 1.90. The molecule has 0 aliphatic rings. The Kier molecular flexibility index (Phi) is 5.16. The predicted molar refractivity (Wildman–Crippen MR) is 42.1 cm³/mol. The average Bonchev–Trinajstić information content (AvgIpc) is 2.11. The molecule has 0 atom stereocenters. The highest BCUT2D eigenvalue weighted by molar-refractivity contribution is 5.32. The van der Waals surface area contributed by atoms with E-state index in [1.54, 1.807) is 12.1 Å². The van der Waals surface area contributed by atoms with E-state index in [9.17, 15) is 0 Å². The van der Waals surface area contributed by atoms with Crippen LogP contribution in [0.3, 0.4) is 0 Å². The van der Waals surface area contributed by atoms with Gasteiger partial charge < -0.3 is 15.8 Å². The molecule has 0 aromatic rings. The fraction of sp³-hybridized carbons (Fsp3) is 0.429. The van der Waals surface area contributed by atoms with Crippen molar-refractivity contribution in [2.75, 3.05) is 13.3 Å². The zero-order valence-corrected chi connectivity index (χ0v) is 6.79. The second-order valence-electron chi connectivity index (χ2n) is 1.83. The van der Waals surface area contributed by atoms with Crippen LogP contribution in [0.25, 0.3) is 0 Å². The third-order valence-corrected chi connectivity index (χ3v) is 1.06. The first-order valence-corrected chi connectivity index (χ1v) is 3.37. The van der Waals surface area contributed by atoms with Gasteiger partial charge in [0.15, 0.2) is 0 Å². The van der Waals surface area contributed by atoms with Gasteiger partial charge in [-0.3, -0.25) is 0 Å². The third kappa shape index (κ3) is 3.45. The Morgan fingerprint density at radius 3 is 2.58 bits per heavy atom. The van der Waals surface area contributed by atoms with Crippen molar-refractivity contribution in [2.45, 2.75) is 6.92 Å². The number of hydrogen-bond acceptors (Lipinski definition) is 5. The number of rotatable bonds is 4. The van der Waals surface area contributed by atoms with E-state index in [2.05, 4.69) is 5.32 Å². The van der Waals surface area contributed by atoms with Crippen molar-refractivity contribution >= 4 is 0 Å². The van der Waals surface area contributed by atoms with Gasteiger partial charge in [-0.2, -0.15) is 10.5 Å². The van der Waals surface area contributed by atoms with E-state index in [-0.39, 0.29) is 18.1 Å². The molecular formula is C7H10N4O. The van der Waals surface area contributed by atoms with Crippen molar-refractivity contribution in [3.8, 4) is 12.1 Å². The summed E-state index contributed by atoms with van der Waals surface area (Å²) in [5.41, 5.74) is 5.11. The van der Waals surface area contributed by atoms with Crippen LogP contribution < -0.4 is 11.1 Å². The number of nitrogens with two attached hydrogens (primary N) is 1. The minimum Gasteiger partial charge on any atom is -0.388 e. The maximum absolute atomic E-state index is 8.47. The van der Waals surface area contributed by atoms with Crippen LogP contribution in [0.5, 0.6) is 0 Å². The number of nitrogens with one attached hydrogen (secondary N) is 1. The summed E-state index contributed by atoms with van der Waals surface area (Å²) in [5, 5.41) is 19.4. The minimum atomic E-state index is -0.128. The van der Waals surface area contributed by atoms with Gasteiger partial charge in [-0.05, 0) is 6.92 Å². The number of nitriles is 2. The Labute approximate surface area is 71.0 Å². The summed E-state index contributed by atoms with van der Waals surface area (Å²) >= 11 is 0. The van der Waals surface area contributed by atoms with E-state index in [4.69, 9.17) is 21.0 Å². The molecule has 0 aromatic heterocycles. The molecule has 0 saturated heterocycles. The van der Waals surface area contributed by atoms with Crippen LogP contribution >= 0.6 is 0 Å². The molecule has 0 spiro atoms. The van der Waals surface area contributed by atoms with Crippen LogP contribution in [0, 0.1) is 22.7 Å². The first-order chi connectivity index (χ1) is 5.76. The molecule has 0 amide bonds. The normalized spacial score (nSPS) is 10.9. The standard InChI is InChI=1S/C7H10N4O/c1-2-12-5-11-7(4-9)6(10)3-8/h11H,2,5,10H2,1H3/b7-6-. The van der Waals surface area contributed by atoms with Crippen molar-refractivity contribution in [3.05, 3.63) is 11.4 Å². The quantitative estimate of drug-likeness (QED) is 0.342. The van der Waals surface area contributed by atoms with E-state index in [1.807, 2.05) is 6.92 Å². The zero-order chi connectivity index (χ0) is 9.40. The molecule has 0 saturated carbocycles. The summed E-state index contributed by atoms with van der Waals surface area (Å²) in [4.78, 5) is 0. The first kappa shape index (κ1) is 10.3. The van der Waals surface area contributed by atoms with Gasteiger partial charge in [-0.1, -0.05) is 0 Å². The van der Waals surface area contributed by atoms with Gasteiger partial charge in [0.05, 0.1) is 0 Å². The lowest BCUT2D eigenvalue weighted by Gasteiger charge is -2.03. The summed E-state index contributed by atoms with van der Waals surface area (Å²) in [7, 11) is 0. The van der Waals surface area contributed by atoms with Crippen LogP contribution in [0.1, 0.15) is 6.92 Å². The molecule has 0 rings (SSSR count). The molecule has 0 heterocycles. The Hall–Kier alpha value is -1.72. The van der Waals surface area contributed by atoms with Crippen LogP contribution in [-0.4, -0.2) is 13.3 Å². The van der Waals surface area contributed by atoms with E-state index in [0.717, 1.165) is 0 Å². The van der Waals surface area contributed by atoms with Crippen molar-refractivity contribution in [3.63, 3.8) is 0 Å². The Morgan fingerprint density at radius 2 is 2.17 bits per heavy atom. The summed E-state index contributed by atoms with van der Waals surface area (Å²) in [6.45, 7) is 2.55. The van der Waals surface area contributed by atoms with Crippen molar-refractivity contribution in [2.24, 2.45) is 5.73 Å². The maximum atomic E-state index is 8.47. The number of hydrogen-bond donors (Lipinski definition) is 2. The number of allylic oxidation sites excluding steroid dienone is 2. The fourth-order valence-electron chi connectivity index (χ4n) is 0.476. The molecule has 0 unspecified atom stereocenters. The van der Waals surface area contributed by atoms with Gasteiger partial charge >= 0.3 is 0 Å². The second kappa shape index (κ2) is 6.02. The summed E-state index contributed by atoms with van der Waals surface area (Å²) < 4.78 is 4.90. The largest absolute Gasteiger partial charge is 0.388 e. The zero-order valence-electron chi connectivity index (χ0n) is 6.79. The molecule has 0 aliphatic carbocycles. The lowest BCUT2D eigenvalue weighted by Crippen LogP contribution is -2.20. The van der Waals surface area contributed by atoms with E-state index >= 15 is 0 Å². The van der Waals surface area contributed by atoms with Crippen molar-refractivity contribution < 1.29 is 4.74 Å². The van der Waals surface area contributed by atoms with Crippen LogP contribution in [0.15, 0.2) is 11.4 Å². The Balaban J connectivity index is 4.05. The Bertz CT molecular complexity index is 245. The number of nitrogens with zero attached hydrogens (tertiary/aromatic N) is 2. The van der Waals surface area contributed by atoms with Gasteiger partial charge in [0, 0.05) is 6.61 Å². The highest BCUT2D eigenvalue weighted by Gasteiger charge is 1.99. The summed E-state index contributed by atoms with van der Waals surface area (Å²) in [6.07, 6.45) is 0. The van der Waals surface area contributed by atoms with Crippen molar-refractivity contribution in [1.29, 1.82) is 10.5 Å². The van der Waals surface area contributed by atoms with Gasteiger partial charge in [-0.25, -0.2) is 0 Å². The predicted octanol–water partition coefficient (Wildman–Crippen LogP) is -0.213. The smallest absolute Gasteiger partial charge is 0.149 e. The molecule has 0 aliphatic heterocycles.